The summed E-state index contributed by atoms with van der Waals surface area (Å²) in [6, 6.07) is 5.41. The van der Waals surface area contributed by atoms with E-state index in [2.05, 4.69) is 0 Å². The van der Waals surface area contributed by atoms with E-state index in [1.165, 1.54) is 28.3 Å². The van der Waals surface area contributed by atoms with Crippen molar-refractivity contribution >= 4 is 5.97 Å². The van der Waals surface area contributed by atoms with Gasteiger partial charge in [0.2, 0.25) is 5.75 Å². The Morgan fingerprint density at radius 2 is 1.76 bits per heavy atom. The second kappa shape index (κ2) is 8.00. The van der Waals surface area contributed by atoms with Gasteiger partial charge in [0.05, 0.1) is 21.3 Å². The van der Waals surface area contributed by atoms with Gasteiger partial charge in [0.1, 0.15) is 6.07 Å². The fourth-order valence-corrected chi connectivity index (χ4v) is 1.81. The minimum Gasteiger partial charge on any atom is -0.493 e. The van der Waals surface area contributed by atoms with Gasteiger partial charge in [-0.2, -0.15) is 5.26 Å². The zero-order valence-electron chi connectivity index (χ0n) is 12.6. The van der Waals surface area contributed by atoms with Crippen molar-refractivity contribution < 1.29 is 23.7 Å². The minimum absolute atomic E-state index is 0.171. The van der Waals surface area contributed by atoms with Crippen molar-refractivity contribution in [2.75, 3.05) is 21.3 Å². The second-order valence-corrected chi connectivity index (χ2v) is 4.29. The van der Waals surface area contributed by atoms with Gasteiger partial charge < -0.3 is 18.9 Å². The monoisotopic (exact) mass is 293 g/mol. The van der Waals surface area contributed by atoms with Crippen molar-refractivity contribution in [1.82, 2.24) is 0 Å². The Morgan fingerprint density at radius 3 is 2.19 bits per heavy atom. The summed E-state index contributed by atoms with van der Waals surface area (Å²) >= 11 is 0. The van der Waals surface area contributed by atoms with Crippen LogP contribution in [0.3, 0.4) is 0 Å². The normalized spacial score (nSPS) is 11.2. The first-order chi connectivity index (χ1) is 10.0. The first kappa shape index (κ1) is 16.6. The number of hydrogen-bond acceptors (Lipinski definition) is 6. The molecule has 0 aliphatic heterocycles. The molecule has 114 valence electrons. The van der Waals surface area contributed by atoms with E-state index in [1.807, 2.05) is 6.07 Å². The standard InChI is InChI=1S/C15H19NO5/c1-10(9-16)21-14(17)6-5-11-7-12(18-2)15(20-4)13(8-11)19-3/h7-8,10H,5-6H2,1-4H3/t10-/m0/s1. The van der Waals surface area contributed by atoms with Gasteiger partial charge >= 0.3 is 5.97 Å². The Kier molecular flexibility index (Phi) is 6.34. The van der Waals surface area contributed by atoms with E-state index < -0.39 is 12.1 Å². The maximum absolute atomic E-state index is 11.6. The van der Waals surface area contributed by atoms with Crippen molar-refractivity contribution in [3.05, 3.63) is 17.7 Å². The molecule has 0 aromatic heterocycles. The van der Waals surface area contributed by atoms with Crippen molar-refractivity contribution in [1.29, 1.82) is 5.26 Å². The average molecular weight is 293 g/mol. The molecule has 1 aromatic rings. The first-order valence-corrected chi connectivity index (χ1v) is 6.43. The molecule has 0 bridgehead atoms. The van der Waals surface area contributed by atoms with E-state index in [9.17, 15) is 4.79 Å². The third kappa shape index (κ3) is 4.56. The predicted molar refractivity (Wildman–Crippen MR) is 75.6 cm³/mol. The molecule has 0 heterocycles. The molecule has 0 N–H and O–H groups in total. The zero-order valence-corrected chi connectivity index (χ0v) is 12.6. The minimum atomic E-state index is -0.738. The van der Waals surface area contributed by atoms with E-state index in [-0.39, 0.29) is 6.42 Å². The molecule has 0 fully saturated rings. The van der Waals surface area contributed by atoms with Crippen LogP contribution in [0.5, 0.6) is 17.2 Å². The maximum atomic E-state index is 11.6. The summed E-state index contributed by atoms with van der Waals surface area (Å²) in [4.78, 5) is 11.6. The van der Waals surface area contributed by atoms with Gasteiger partial charge in [-0.3, -0.25) is 4.79 Å². The zero-order chi connectivity index (χ0) is 15.8. The Hall–Kier alpha value is -2.42. The summed E-state index contributed by atoms with van der Waals surface area (Å²) in [5.41, 5.74) is 0.853. The molecule has 0 radical (unpaired) electrons. The van der Waals surface area contributed by atoms with E-state index >= 15 is 0 Å². The van der Waals surface area contributed by atoms with Crippen LogP contribution < -0.4 is 14.2 Å². The van der Waals surface area contributed by atoms with Gasteiger partial charge in [-0.1, -0.05) is 0 Å². The lowest BCUT2D eigenvalue weighted by molar-refractivity contribution is -0.145. The van der Waals surface area contributed by atoms with Gasteiger partial charge in [0.25, 0.3) is 0 Å². The number of methoxy groups -OCH3 is 3. The maximum Gasteiger partial charge on any atom is 0.307 e. The fraction of sp³-hybridized carbons (Fsp3) is 0.467. The van der Waals surface area contributed by atoms with E-state index in [0.29, 0.717) is 23.7 Å². The molecular weight excluding hydrogens is 274 g/mol. The smallest absolute Gasteiger partial charge is 0.307 e. The highest BCUT2D eigenvalue weighted by Crippen LogP contribution is 2.38. The van der Waals surface area contributed by atoms with Gasteiger partial charge in [-0.15, -0.1) is 0 Å². The summed E-state index contributed by atoms with van der Waals surface area (Å²) in [7, 11) is 4.59. The van der Waals surface area contributed by atoms with Crippen molar-refractivity contribution in [2.24, 2.45) is 0 Å². The third-order valence-electron chi connectivity index (χ3n) is 2.83. The topological polar surface area (TPSA) is 77.8 Å². The molecule has 6 nitrogen and oxygen atoms in total. The van der Waals surface area contributed by atoms with Crippen molar-refractivity contribution in [3.8, 4) is 23.3 Å². The number of esters is 1. The third-order valence-corrected chi connectivity index (χ3v) is 2.83. The number of benzene rings is 1. The van der Waals surface area contributed by atoms with Gasteiger partial charge in [0.15, 0.2) is 17.6 Å². The van der Waals surface area contributed by atoms with Crippen LogP contribution in [-0.2, 0) is 16.0 Å². The molecule has 0 aliphatic carbocycles. The number of nitrogens with zero attached hydrogens (tertiary/aromatic N) is 1. The van der Waals surface area contributed by atoms with E-state index in [4.69, 9.17) is 24.2 Å². The van der Waals surface area contributed by atoms with Gasteiger partial charge in [-0.05, 0) is 31.0 Å². The number of hydrogen-bond donors (Lipinski definition) is 0. The molecule has 0 saturated carbocycles. The number of aryl methyl sites for hydroxylation is 1. The summed E-state index contributed by atoms with van der Waals surface area (Å²) in [6.45, 7) is 1.53. The SMILES string of the molecule is COc1cc(CCC(=O)O[C@@H](C)C#N)cc(OC)c1OC. The lowest BCUT2D eigenvalue weighted by Gasteiger charge is -2.14. The molecule has 0 saturated heterocycles. The molecule has 6 heteroatoms. The number of carbonyl (C=O) groups is 1. The predicted octanol–water partition coefficient (Wildman–Crippen LogP) is 2.10. The number of nitriles is 1. The first-order valence-electron chi connectivity index (χ1n) is 6.43. The quantitative estimate of drug-likeness (QED) is 0.716. The van der Waals surface area contributed by atoms with Crippen LogP contribution in [0.2, 0.25) is 0 Å². The highest BCUT2D eigenvalue weighted by atomic mass is 16.5. The molecule has 1 atom stereocenters. The summed E-state index contributed by atoms with van der Waals surface area (Å²) < 4.78 is 20.6. The Bertz CT molecular complexity index is 510. The van der Waals surface area contributed by atoms with Gasteiger partial charge in [-0.25, -0.2) is 0 Å². The van der Waals surface area contributed by atoms with Crippen LogP contribution in [0, 0.1) is 11.3 Å². The van der Waals surface area contributed by atoms with E-state index in [0.717, 1.165) is 5.56 Å². The Morgan fingerprint density at radius 1 is 1.19 bits per heavy atom. The van der Waals surface area contributed by atoms with Crippen LogP contribution in [-0.4, -0.2) is 33.4 Å². The Balaban J connectivity index is 2.80. The van der Waals surface area contributed by atoms with Crippen LogP contribution in [0.15, 0.2) is 12.1 Å². The molecular formula is C15H19NO5. The summed E-state index contributed by atoms with van der Waals surface area (Å²) in [5, 5.41) is 8.59. The molecule has 1 rings (SSSR count). The van der Waals surface area contributed by atoms with Crippen LogP contribution in [0.1, 0.15) is 18.9 Å². The van der Waals surface area contributed by atoms with Crippen LogP contribution in [0.4, 0.5) is 0 Å². The lowest BCUT2D eigenvalue weighted by Crippen LogP contribution is -2.13. The molecule has 1 aromatic carbocycles. The molecule has 0 amide bonds. The molecule has 21 heavy (non-hydrogen) atoms. The van der Waals surface area contributed by atoms with Crippen LogP contribution >= 0.6 is 0 Å². The van der Waals surface area contributed by atoms with E-state index in [1.54, 1.807) is 12.1 Å². The molecule has 0 aliphatic rings. The number of carbonyl (C=O) groups excluding carboxylic acids is 1. The second-order valence-electron chi connectivity index (χ2n) is 4.29. The van der Waals surface area contributed by atoms with Gasteiger partial charge in [0, 0.05) is 6.42 Å². The summed E-state index contributed by atoms with van der Waals surface area (Å²) in [5.74, 6) is 1.15. The molecule has 0 spiro atoms. The van der Waals surface area contributed by atoms with Crippen molar-refractivity contribution in [2.45, 2.75) is 25.9 Å². The lowest BCUT2D eigenvalue weighted by atomic mass is 10.1. The number of ether oxygens (including phenoxy) is 4. The summed E-state index contributed by atoms with van der Waals surface area (Å²) in [6.07, 6.45) is -0.115. The largest absolute Gasteiger partial charge is 0.493 e. The van der Waals surface area contributed by atoms with Crippen LogP contribution in [0.25, 0.3) is 0 Å². The number of rotatable bonds is 7. The highest BCUT2D eigenvalue weighted by molar-refractivity contribution is 5.70. The van der Waals surface area contributed by atoms with Crippen molar-refractivity contribution in [3.63, 3.8) is 0 Å². The average Bonchev–Trinajstić information content (AvgIpc) is 2.51. The molecule has 0 unspecified atom stereocenters. The highest BCUT2D eigenvalue weighted by Gasteiger charge is 2.14. The Labute approximate surface area is 124 Å². The fourth-order valence-electron chi connectivity index (χ4n) is 1.81.